The van der Waals surface area contributed by atoms with Gasteiger partial charge >= 0.3 is 0 Å². The third kappa shape index (κ3) is 2.90. The highest BCUT2D eigenvalue weighted by atomic mass is 32.1. The summed E-state index contributed by atoms with van der Waals surface area (Å²) in [5, 5.41) is 5.13. The first-order valence-electron chi connectivity index (χ1n) is 5.38. The summed E-state index contributed by atoms with van der Waals surface area (Å²) in [4.78, 5) is 0.968. The number of hydrogen-bond donors (Lipinski definition) is 1. The van der Waals surface area contributed by atoms with Gasteiger partial charge in [-0.3, -0.25) is 0 Å². The lowest BCUT2D eigenvalue weighted by atomic mass is 10.1. The van der Waals surface area contributed by atoms with Gasteiger partial charge in [-0.1, -0.05) is 6.07 Å². The Hall–Kier alpha value is -1.26. The minimum absolute atomic E-state index is 0.726. The highest BCUT2D eigenvalue weighted by Crippen LogP contribution is 2.28. The van der Waals surface area contributed by atoms with Gasteiger partial charge in [0, 0.05) is 4.88 Å². The summed E-state index contributed by atoms with van der Waals surface area (Å²) in [5.74, 6) is -1.60. The second kappa shape index (κ2) is 5.38. The lowest BCUT2D eigenvalue weighted by Gasteiger charge is -1.98. The van der Waals surface area contributed by atoms with Gasteiger partial charge in [0.25, 0.3) is 0 Å². The van der Waals surface area contributed by atoms with Crippen LogP contribution >= 0.6 is 11.3 Å². The zero-order valence-corrected chi connectivity index (χ0v) is 10.3. The van der Waals surface area contributed by atoms with Gasteiger partial charge in [-0.25, -0.2) is 8.78 Å². The van der Waals surface area contributed by atoms with Crippen LogP contribution in [-0.4, -0.2) is 13.6 Å². The van der Waals surface area contributed by atoms with Crippen molar-refractivity contribution in [2.24, 2.45) is 0 Å². The van der Waals surface area contributed by atoms with E-state index in [4.69, 9.17) is 0 Å². The van der Waals surface area contributed by atoms with Crippen molar-refractivity contribution in [2.45, 2.75) is 6.42 Å². The molecule has 1 nitrogen and oxygen atoms in total. The average Bonchev–Trinajstić information content (AvgIpc) is 2.79. The Morgan fingerprint density at radius 2 is 2.00 bits per heavy atom. The van der Waals surface area contributed by atoms with E-state index in [1.165, 1.54) is 11.6 Å². The molecular formula is C13H13F2NS. The predicted octanol–water partition coefficient (Wildman–Crippen LogP) is 3.46. The fourth-order valence-electron chi connectivity index (χ4n) is 1.58. The minimum atomic E-state index is -0.805. The Morgan fingerprint density at radius 1 is 1.18 bits per heavy atom. The standard InChI is InChI=1S/C13H13F2NS/c1-16-5-4-9-6-13(17-8-9)10-2-3-11(14)12(15)7-10/h2-3,6-8,16H,4-5H2,1H3. The molecule has 1 aromatic carbocycles. The van der Waals surface area contributed by atoms with E-state index in [0.717, 1.165) is 29.5 Å². The summed E-state index contributed by atoms with van der Waals surface area (Å²) < 4.78 is 25.9. The van der Waals surface area contributed by atoms with Crippen LogP contribution in [-0.2, 0) is 6.42 Å². The first kappa shape index (κ1) is 12.2. The summed E-state index contributed by atoms with van der Waals surface area (Å²) in [7, 11) is 1.91. The second-order valence-corrected chi connectivity index (χ2v) is 4.71. The van der Waals surface area contributed by atoms with Crippen molar-refractivity contribution in [1.29, 1.82) is 0 Å². The molecule has 0 unspecified atom stereocenters. The molecule has 0 fully saturated rings. The largest absolute Gasteiger partial charge is 0.319 e. The molecule has 17 heavy (non-hydrogen) atoms. The number of rotatable bonds is 4. The fourth-order valence-corrected chi connectivity index (χ4v) is 2.52. The summed E-state index contributed by atoms with van der Waals surface area (Å²) in [6.45, 7) is 0.911. The number of likely N-dealkylation sites (N-methyl/N-ethyl adjacent to an activating group) is 1. The van der Waals surface area contributed by atoms with Crippen LogP contribution in [0.5, 0.6) is 0 Å². The molecule has 0 atom stereocenters. The first-order chi connectivity index (χ1) is 8.20. The van der Waals surface area contributed by atoms with Gasteiger partial charge in [0.1, 0.15) is 0 Å². The monoisotopic (exact) mass is 253 g/mol. The Kier molecular flexibility index (Phi) is 3.86. The Morgan fingerprint density at radius 3 is 2.71 bits per heavy atom. The second-order valence-electron chi connectivity index (χ2n) is 3.80. The van der Waals surface area contributed by atoms with Gasteiger partial charge in [-0.15, -0.1) is 11.3 Å². The predicted molar refractivity (Wildman–Crippen MR) is 67.3 cm³/mol. The Labute approximate surface area is 103 Å². The van der Waals surface area contributed by atoms with Crippen molar-refractivity contribution in [3.8, 4) is 10.4 Å². The van der Waals surface area contributed by atoms with Crippen LogP contribution in [0.25, 0.3) is 10.4 Å². The molecule has 1 aromatic heterocycles. The molecule has 90 valence electrons. The van der Waals surface area contributed by atoms with E-state index in [0.29, 0.717) is 0 Å². The van der Waals surface area contributed by atoms with Crippen LogP contribution < -0.4 is 5.32 Å². The maximum Gasteiger partial charge on any atom is 0.159 e. The maximum absolute atomic E-state index is 13.1. The van der Waals surface area contributed by atoms with Crippen LogP contribution in [0.1, 0.15) is 5.56 Å². The van der Waals surface area contributed by atoms with E-state index in [2.05, 4.69) is 5.32 Å². The zero-order chi connectivity index (χ0) is 12.3. The van der Waals surface area contributed by atoms with E-state index < -0.39 is 11.6 Å². The molecule has 0 saturated heterocycles. The molecular weight excluding hydrogens is 240 g/mol. The van der Waals surface area contributed by atoms with Crippen LogP contribution in [0.3, 0.4) is 0 Å². The number of nitrogens with one attached hydrogen (secondary N) is 1. The van der Waals surface area contributed by atoms with Gasteiger partial charge in [-0.05, 0) is 54.7 Å². The number of thiophene rings is 1. The number of hydrogen-bond acceptors (Lipinski definition) is 2. The SMILES string of the molecule is CNCCc1csc(-c2ccc(F)c(F)c2)c1. The van der Waals surface area contributed by atoms with Crippen molar-refractivity contribution in [3.05, 3.63) is 46.8 Å². The highest BCUT2D eigenvalue weighted by molar-refractivity contribution is 7.13. The minimum Gasteiger partial charge on any atom is -0.319 e. The normalized spacial score (nSPS) is 10.8. The summed E-state index contributed by atoms with van der Waals surface area (Å²) in [6.07, 6.45) is 0.941. The third-order valence-corrected chi connectivity index (χ3v) is 3.55. The maximum atomic E-state index is 13.1. The van der Waals surface area contributed by atoms with E-state index >= 15 is 0 Å². The van der Waals surface area contributed by atoms with Crippen LogP contribution in [0.2, 0.25) is 0 Å². The smallest absolute Gasteiger partial charge is 0.159 e. The van der Waals surface area contributed by atoms with Gasteiger partial charge in [0.15, 0.2) is 11.6 Å². The van der Waals surface area contributed by atoms with Crippen molar-refractivity contribution in [1.82, 2.24) is 5.32 Å². The van der Waals surface area contributed by atoms with Crippen LogP contribution in [0, 0.1) is 11.6 Å². The Bertz CT molecular complexity index is 508. The molecule has 1 N–H and O–H groups in total. The van der Waals surface area contributed by atoms with E-state index in [9.17, 15) is 8.78 Å². The number of benzene rings is 1. The third-order valence-electron chi connectivity index (χ3n) is 2.52. The molecule has 2 aromatic rings. The number of halogens is 2. The topological polar surface area (TPSA) is 12.0 Å². The molecule has 0 saturated carbocycles. The molecule has 0 amide bonds. The van der Waals surface area contributed by atoms with Crippen LogP contribution in [0.4, 0.5) is 8.78 Å². The van der Waals surface area contributed by atoms with Gasteiger partial charge in [-0.2, -0.15) is 0 Å². The van der Waals surface area contributed by atoms with Gasteiger partial charge in [0.05, 0.1) is 0 Å². The summed E-state index contributed by atoms with van der Waals surface area (Å²) in [5.41, 5.74) is 1.94. The van der Waals surface area contributed by atoms with Crippen molar-refractivity contribution >= 4 is 11.3 Å². The molecule has 0 aliphatic carbocycles. The summed E-state index contributed by atoms with van der Waals surface area (Å²) in [6, 6.07) is 6.03. The van der Waals surface area contributed by atoms with E-state index in [1.807, 2.05) is 18.5 Å². The van der Waals surface area contributed by atoms with E-state index in [-0.39, 0.29) is 0 Å². The zero-order valence-electron chi connectivity index (χ0n) is 9.47. The van der Waals surface area contributed by atoms with Gasteiger partial charge in [0.2, 0.25) is 0 Å². The molecule has 0 aliphatic heterocycles. The van der Waals surface area contributed by atoms with Crippen molar-refractivity contribution < 1.29 is 8.78 Å². The molecule has 4 heteroatoms. The highest BCUT2D eigenvalue weighted by Gasteiger charge is 2.06. The lowest BCUT2D eigenvalue weighted by Crippen LogP contribution is -2.09. The van der Waals surface area contributed by atoms with Crippen LogP contribution in [0.15, 0.2) is 29.6 Å². The molecule has 1 heterocycles. The molecule has 0 aliphatic rings. The molecule has 2 rings (SSSR count). The Balaban J connectivity index is 2.21. The van der Waals surface area contributed by atoms with Crippen molar-refractivity contribution in [2.75, 3.05) is 13.6 Å². The first-order valence-corrected chi connectivity index (χ1v) is 6.26. The fraction of sp³-hybridized carbons (Fsp3) is 0.231. The van der Waals surface area contributed by atoms with E-state index in [1.54, 1.807) is 17.4 Å². The quantitative estimate of drug-likeness (QED) is 0.880. The van der Waals surface area contributed by atoms with Gasteiger partial charge < -0.3 is 5.32 Å². The molecule has 0 spiro atoms. The molecule has 0 bridgehead atoms. The average molecular weight is 253 g/mol. The molecule has 0 radical (unpaired) electrons. The lowest BCUT2D eigenvalue weighted by molar-refractivity contribution is 0.509. The summed E-state index contributed by atoms with van der Waals surface area (Å²) >= 11 is 1.55. The van der Waals surface area contributed by atoms with Crippen molar-refractivity contribution in [3.63, 3.8) is 0 Å².